The van der Waals surface area contributed by atoms with Crippen LogP contribution in [0.1, 0.15) is 47.2 Å². The van der Waals surface area contributed by atoms with Crippen molar-refractivity contribution in [3.8, 4) is 32.8 Å². The first-order valence-corrected chi connectivity index (χ1v) is 17.0. The molecule has 1 amide bonds. The van der Waals surface area contributed by atoms with Gasteiger partial charge in [0.05, 0.1) is 41.9 Å². The number of halogens is 2. The number of rotatable bonds is 9. The molecule has 0 saturated carbocycles. The van der Waals surface area contributed by atoms with Crippen molar-refractivity contribution in [3.05, 3.63) is 64.2 Å². The summed E-state index contributed by atoms with van der Waals surface area (Å²) in [6.45, 7) is 1.66. The average Bonchev–Trinajstić information content (AvgIpc) is 3.86. The number of aliphatic hydroxyl groups excluding tert-OH is 1. The van der Waals surface area contributed by atoms with Gasteiger partial charge in [0.1, 0.15) is 33.8 Å². The SMILES string of the molecule is COc1cc(OCc2csc(-c3ccc(C(=O)N4CCCC[C@H]4CO)cc3)n2)c2sc(-c3cn4nc(C(C)(F)F)sc4n3)nc2c1. The Morgan fingerprint density at radius 3 is 2.67 bits per heavy atom. The summed E-state index contributed by atoms with van der Waals surface area (Å²) in [7, 11) is 1.57. The quantitative estimate of drug-likeness (QED) is 0.176. The summed E-state index contributed by atoms with van der Waals surface area (Å²) in [5.74, 6) is -1.95. The highest BCUT2D eigenvalue weighted by Gasteiger charge is 2.30. The third kappa shape index (κ3) is 5.95. The summed E-state index contributed by atoms with van der Waals surface area (Å²) in [4.78, 5) is 29.2. The fourth-order valence-corrected chi connectivity index (χ4v) is 7.92. The normalized spacial score (nSPS) is 15.6. The van der Waals surface area contributed by atoms with E-state index in [0.717, 1.165) is 58.5 Å². The molecule has 0 unspecified atom stereocenters. The van der Waals surface area contributed by atoms with Crippen molar-refractivity contribution in [3.63, 3.8) is 0 Å². The van der Waals surface area contributed by atoms with Gasteiger partial charge in [-0.25, -0.2) is 19.5 Å². The van der Waals surface area contributed by atoms with Crippen LogP contribution in [0, 0.1) is 0 Å². The number of hydrogen-bond donors (Lipinski definition) is 1. The Hall–Kier alpha value is -4.05. The third-order valence-corrected chi connectivity index (χ3v) is 10.9. The van der Waals surface area contributed by atoms with Gasteiger partial charge in [-0.2, -0.15) is 13.9 Å². The second kappa shape index (κ2) is 12.3. The van der Waals surface area contributed by atoms with Gasteiger partial charge in [0.15, 0.2) is 5.01 Å². The number of fused-ring (bicyclic) bond motifs is 2. The minimum absolute atomic E-state index is 0.0221. The summed E-state index contributed by atoms with van der Waals surface area (Å²) >= 11 is 3.70. The van der Waals surface area contributed by atoms with E-state index in [-0.39, 0.29) is 30.2 Å². The second-order valence-electron chi connectivity index (χ2n) is 11.0. The predicted octanol–water partition coefficient (Wildman–Crippen LogP) is 6.88. The highest BCUT2D eigenvalue weighted by molar-refractivity contribution is 7.22. The molecule has 1 aliphatic heterocycles. The van der Waals surface area contributed by atoms with Crippen molar-refractivity contribution in [1.29, 1.82) is 0 Å². The smallest absolute Gasteiger partial charge is 0.298 e. The van der Waals surface area contributed by atoms with Crippen LogP contribution in [0.2, 0.25) is 0 Å². The topological polar surface area (TPSA) is 115 Å². The van der Waals surface area contributed by atoms with Crippen LogP contribution in [0.15, 0.2) is 48.0 Å². The lowest BCUT2D eigenvalue weighted by atomic mass is 10.0. The van der Waals surface area contributed by atoms with Gasteiger partial charge in [0.2, 0.25) is 4.96 Å². The number of aromatic nitrogens is 5. The molecule has 0 aliphatic carbocycles. The Balaban J connectivity index is 1.07. The van der Waals surface area contributed by atoms with E-state index in [2.05, 4.69) is 10.1 Å². The maximum Gasteiger partial charge on any atom is 0.298 e. The highest BCUT2D eigenvalue weighted by Crippen LogP contribution is 2.40. The standard InChI is InChI=1S/C31H28F2N6O4S3/c1-31(32,33)29-37-39-13-23(36-30(39)46-29)27-35-22-11-21(42-2)12-24(25(22)45-27)43-15-19-16-44-26(34-19)17-6-8-18(9-7-17)28(41)38-10-4-3-5-20(38)14-40/h6-9,11-13,16,20,40H,3-5,10,14-15H2,1-2H3/t20-/m0/s1. The van der Waals surface area contributed by atoms with Crippen molar-refractivity contribution < 1.29 is 28.2 Å². The molecular formula is C31H28F2N6O4S3. The molecule has 0 bridgehead atoms. The van der Waals surface area contributed by atoms with Gasteiger partial charge in [0, 0.05) is 42.1 Å². The fourth-order valence-electron chi connectivity index (χ4n) is 5.33. The number of hydrogen-bond acceptors (Lipinski definition) is 11. The predicted molar refractivity (Wildman–Crippen MR) is 173 cm³/mol. The van der Waals surface area contributed by atoms with Gasteiger partial charge in [0.25, 0.3) is 11.8 Å². The van der Waals surface area contributed by atoms with Crippen LogP contribution in [-0.4, -0.2) is 66.8 Å². The molecular weight excluding hydrogens is 655 g/mol. The van der Waals surface area contributed by atoms with E-state index in [0.29, 0.717) is 44.8 Å². The highest BCUT2D eigenvalue weighted by atomic mass is 32.1. The van der Waals surface area contributed by atoms with Crippen LogP contribution in [0.5, 0.6) is 11.5 Å². The molecule has 2 aromatic carbocycles. The molecule has 1 aliphatic rings. The van der Waals surface area contributed by atoms with E-state index >= 15 is 0 Å². The lowest BCUT2D eigenvalue weighted by Gasteiger charge is -2.34. The average molecular weight is 683 g/mol. The molecule has 15 heteroatoms. The zero-order chi connectivity index (χ0) is 32.0. The Kier molecular flexibility index (Phi) is 8.17. The molecule has 6 aromatic rings. The third-order valence-electron chi connectivity index (χ3n) is 7.71. The first kappa shape index (κ1) is 30.6. The summed E-state index contributed by atoms with van der Waals surface area (Å²) in [5, 5.41) is 16.7. The Labute approximate surface area is 273 Å². The number of amides is 1. The zero-order valence-electron chi connectivity index (χ0n) is 24.8. The molecule has 4 aromatic heterocycles. The van der Waals surface area contributed by atoms with Gasteiger partial charge in [-0.15, -0.1) is 22.7 Å². The Morgan fingerprint density at radius 2 is 1.93 bits per heavy atom. The maximum absolute atomic E-state index is 13.7. The van der Waals surface area contributed by atoms with Gasteiger partial charge < -0.3 is 19.5 Å². The fraction of sp³-hybridized carbons (Fsp3) is 0.323. The first-order chi connectivity index (χ1) is 22.2. The van der Waals surface area contributed by atoms with Crippen molar-refractivity contribution >= 4 is 55.1 Å². The minimum atomic E-state index is -3.04. The van der Waals surface area contributed by atoms with Crippen molar-refractivity contribution in [2.75, 3.05) is 20.3 Å². The van der Waals surface area contributed by atoms with Crippen molar-refractivity contribution in [1.82, 2.24) is 29.5 Å². The lowest BCUT2D eigenvalue weighted by Crippen LogP contribution is -2.45. The number of aliphatic hydroxyl groups is 1. The summed E-state index contributed by atoms with van der Waals surface area (Å²) in [6, 6.07) is 10.9. The van der Waals surface area contributed by atoms with E-state index in [9.17, 15) is 18.7 Å². The monoisotopic (exact) mass is 682 g/mol. The summed E-state index contributed by atoms with van der Waals surface area (Å²) < 4.78 is 41.2. The molecule has 1 N–H and O–H groups in total. The number of nitrogens with zero attached hydrogens (tertiary/aromatic N) is 6. The van der Waals surface area contributed by atoms with Crippen LogP contribution in [-0.2, 0) is 12.5 Å². The van der Waals surface area contributed by atoms with E-state index in [1.54, 1.807) is 30.3 Å². The van der Waals surface area contributed by atoms with Crippen LogP contribution in [0.25, 0.3) is 36.5 Å². The van der Waals surface area contributed by atoms with E-state index < -0.39 is 5.92 Å². The molecule has 1 atom stereocenters. The molecule has 10 nitrogen and oxygen atoms in total. The molecule has 0 spiro atoms. The zero-order valence-corrected chi connectivity index (χ0v) is 27.2. The number of methoxy groups -OCH3 is 1. The summed E-state index contributed by atoms with van der Waals surface area (Å²) in [6.07, 6.45) is 4.38. The number of benzene rings is 2. The lowest BCUT2D eigenvalue weighted by molar-refractivity contribution is 0.0163. The van der Waals surface area contributed by atoms with Crippen molar-refractivity contribution in [2.45, 2.75) is 44.8 Å². The largest absolute Gasteiger partial charge is 0.497 e. The van der Waals surface area contributed by atoms with Gasteiger partial charge in [-0.1, -0.05) is 23.5 Å². The minimum Gasteiger partial charge on any atom is -0.497 e. The molecule has 0 radical (unpaired) electrons. The first-order valence-electron chi connectivity index (χ1n) is 14.5. The van der Waals surface area contributed by atoms with Gasteiger partial charge >= 0.3 is 0 Å². The maximum atomic E-state index is 13.7. The Bertz CT molecular complexity index is 2000. The number of thiazole rings is 2. The number of carbonyl (C=O) groups excluding carboxylic acids is 1. The van der Waals surface area contributed by atoms with Gasteiger partial charge in [-0.05, 0) is 31.4 Å². The van der Waals surface area contributed by atoms with E-state index in [1.807, 2.05) is 29.6 Å². The van der Waals surface area contributed by atoms with Crippen LogP contribution in [0.3, 0.4) is 0 Å². The number of likely N-dealkylation sites (tertiary alicyclic amines) is 1. The molecule has 1 fully saturated rings. The molecule has 1 saturated heterocycles. The number of ether oxygens (including phenoxy) is 2. The molecule has 7 rings (SSSR count). The molecule has 238 valence electrons. The van der Waals surface area contributed by atoms with E-state index in [4.69, 9.17) is 19.4 Å². The number of alkyl halides is 2. The number of imidazole rings is 1. The number of piperidine rings is 1. The van der Waals surface area contributed by atoms with Crippen LogP contribution < -0.4 is 9.47 Å². The van der Waals surface area contributed by atoms with E-state index in [1.165, 1.54) is 27.2 Å². The van der Waals surface area contributed by atoms with Crippen LogP contribution >= 0.6 is 34.0 Å². The summed E-state index contributed by atoms with van der Waals surface area (Å²) in [5.41, 5.74) is 3.41. The van der Waals surface area contributed by atoms with Gasteiger partial charge in [-0.3, -0.25) is 4.79 Å². The van der Waals surface area contributed by atoms with Crippen LogP contribution in [0.4, 0.5) is 8.78 Å². The number of carbonyl (C=O) groups is 1. The molecule has 5 heterocycles. The Morgan fingerprint density at radius 1 is 1.11 bits per heavy atom. The second-order valence-corrected chi connectivity index (χ2v) is 13.8. The molecule has 46 heavy (non-hydrogen) atoms. The van der Waals surface area contributed by atoms with Crippen molar-refractivity contribution in [2.24, 2.45) is 0 Å².